The van der Waals surface area contributed by atoms with Crippen LogP contribution in [0.5, 0.6) is 11.6 Å². The van der Waals surface area contributed by atoms with Gasteiger partial charge in [-0.2, -0.15) is 0 Å². The lowest BCUT2D eigenvalue weighted by atomic mass is 10.1. The fourth-order valence-electron chi connectivity index (χ4n) is 1.42. The summed E-state index contributed by atoms with van der Waals surface area (Å²) in [6.07, 6.45) is -4.03. The SMILES string of the molecule is CCOC(=O)c1cnc(OC(F)(F)F)c(OC)c1CCl. The van der Waals surface area contributed by atoms with Gasteiger partial charge in [-0.25, -0.2) is 9.78 Å². The van der Waals surface area contributed by atoms with E-state index in [2.05, 4.69) is 9.72 Å². The largest absolute Gasteiger partial charge is 0.574 e. The van der Waals surface area contributed by atoms with E-state index in [0.717, 1.165) is 13.3 Å². The number of nitrogens with zero attached hydrogens (tertiary/aromatic N) is 1. The van der Waals surface area contributed by atoms with Crippen molar-refractivity contribution in [1.82, 2.24) is 4.98 Å². The lowest BCUT2D eigenvalue weighted by molar-refractivity contribution is -0.276. The standard InChI is InChI=1S/C11H11ClF3NO4/c1-3-19-10(17)7-5-16-9(20-11(13,14)15)8(18-2)6(7)4-12/h5H,3-4H2,1-2H3. The van der Waals surface area contributed by atoms with Crippen molar-refractivity contribution < 1.29 is 32.2 Å². The molecule has 0 aliphatic rings. The number of rotatable bonds is 5. The van der Waals surface area contributed by atoms with Gasteiger partial charge in [-0.3, -0.25) is 0 Å². The number of alkyl halides is 4. The Balaban J connectivity index is 3.29. The first kappa shape index (κ1) is 16.4. The normalized spacial score (nSPS) is 11.1. The van der Waals surface area contributed by atoms with Crippen molar-refractivity contribution in [1.29, 1.82) is 0 Å². The molecule has 1 rings (SSSR count). The molecule has 0 radical (unpaired) electrons. The first-order valence-corrected chi connectivity index (χ1v) is 5.92. The Morgan fingerprint density at radius 1 is 1.45 bits per heavy atom. The molecule has 1 heterocycles. The van der Waals surface area contributed by atoms with E-state index < -0.39 is 18.2 Å². The summed E-state index contributed by atoms with van der Waals surface area (Å²) in [4.78, 5) is 15.1. The summed E-state index contributed by atoms with van der Waals surface area (Å²) in [6, 6.07) is 0. The topological polar surface area (TPSA) is 57.7 Å². The molecule has 1 aromatic rings. The monoisotopic (exact) mass is 313 g/mol. The van der Waals surface area contributed by atoms with Gasteiger partial charge in [0.1, 0.15) is 0 Å². The van der Waals surface area contributed by atoms with Gasteiger partial charge in [-0.05, 0) is 6.92 Å². The number of carbonyl (C=O) groups excluding carboxylic acids is 1. The summed E-state index contributed by atoms with van der Waals surface area (Å²) >= 11 is 5.65. The maximum Gasteiger partial charge on any atom is 0.574 e. The van der Waals surface area contributed by atoms with Gasteiger partial charge in [-0.15, -0.1) is 24.8 Å². The van der Waals surface area contributed by atoms with E-state index in [1.54, 1.807) is 6.92 Å². The molecule has 0 amide bonds. The maximum absolute atomic E-state index is 12.2. The van der Waals surface area contributed by atoms with Crippen LogP contribution in [0.4, 0.5) is 13.2 Å². The Morgan fingerprint density at radius 2 is 2.10 bits per heavy atom. The zero-order valence-corrected chi connectivity index (χ0v) is 11.3. The molecule has 0 saturated heterocycles. The molecule has 0 N–H and O–H groups in total. The lowest BCUT2D eigenvalue weighted by Crippen LogP contribution is -2.19. The molecule has 0 aromatic carbocycles. The van der Waals surface area contributed by atoms with Gasteiger partial charge in [0.25, 0.3) is 5.88 Å². The Kier molecular flexibility index (Phi) is 5.43. The van der Waals surface area contributed by atoms with Crippen molar-refractivity contribution in [3.8, 4) is 11.6 Å². The van der Waals surface area contributed by atoms with Gasteiger partial charge in [-0.1, -0.05) is 0 Å². The molecule has 0 fully saturated rings. The molecule has 20 heavy (non-hydrogen) atoms. The van der Waals surface area contributed by atoms with Gasteiger partial charge >= 0.3 is 12.3 Å². The van der Waals surface area contributed by atoms with Crippen molar-refractivity contribution in [3.05, 3.63) is 17.3 Å². The maximum atomic E-state index is 12.2. The zero-order chi connectivity index (χ0) is 15.3. The minimum atomic E-state index is -4.94. The minimum Gasteiger partial charge on any atom is -0.491 e. The molecular weight excluding hydrogens is 303 g/mol. The highest BCUT2D eigenvalue weighted by Crippen LogP contribution is 2.35. The number of ether oxygens (including phenoxy) is 3. The number of aromatic nitrogens is 1. The molecule has 9 heteroatoms. The van der Waals surface area contributed by atoms with Gasteiger partial charge in [0.05, 0.1) is 25.2 Å². The smallest absolute Gasteiger partial charge is 0.491 e. The highest BCUT2D eigenvalue weighted by molar-refractivity contribution is 6.18. The second-order valence-corrected chi connectivity index (χ2v) is 3.66. The van der Waals surface area contributed by atoms with Crippen molar-refractivity contribution in [3.63, 3.8) is 0 Å². The third-order valence-electron chi connectivity index (χ3n) is 2.15. The second kappa shape index (κ2) is 6.65. The summed E-state index contributed by atoms with van der Waals surface area (Å²) in [6.45, 7) is 1.69. The fourth-order valence-corrected chi connectivity index (χ4v) is 1.69. The van der Waals surface area contributed by atoms with Crippen molar-refractivity contribution in [2.75, 3.05) is 13.7 Å². The van der Waals surface area contributed by atoms with Crippen molar-refractivity contribution in [2.24, 2.45) is 0 Å². The van der Waals surface area contributed by atoms with Gasteiger partial charge in [0.2, 0.25) is 0 Å². The van der Waals surface area contributed by atoms with Crippen LogP contribution in [0.1, 0.15) is 22.8 Å². The van der Waals surface area contributed by atoms with E-state index in [9.17, 15) is 18.0 Å². The van der Waals surface area contributed by atoms with Crippen LogP contribution in [0, 0.1) is 0 Å². The Bertz CT molecular complexity index is 493. The lowest BCUT2D eigenvalue weighted by Gasteiger charge is -2.15. The van der Waals surface area contributed by atoms with Crippen LogP contribution in [0.3, 0.4) is 0 Å². The summed E-state index contributed by atoms with van der Waals surface area (Å²) < 4.78 is 50.0. The number of hydrogen-bond acceptors (Lipinski definition) is 5. The second-order valence-electron chi connectivity index (χ2n) is 3.39. The van der Waals surface area contributed by atoms with E-state index in [1.165, 1.54) is 0 Å². The van der Waals surface area contributed by atoms with E-state index in [0.29, 0.717) is 0 Å². The highest BCUT2D eigenvalue weighted by atomic mass is 35.5. The number of pyridine rings is 1. The number of esters is 1. The molecule has 0 spiro atoms. The zero-order valence-electron chi connectivity index (χ0n) is 10.6. The molecule has 5 nitrogen and oxygen atoms in total. The molecule has 112 valence electrons. The molecule has 0 saturated carbocycles. The first-order chi connectivity index (χ1) is 9.34. The van der Waals surface area contributed by atoms with Crippen LogP contribution in [0.2, 0.25) is 0 Å². The van der Waals surface area contributed by atoms with Crippen LogP contribution in [0.15, 0.2) is 6.20 Å². The number of methoxy groups -OCH3 is 1. The van der Waals surface area contributed by atoms with E-state index in [1.807, 2.05) is 0 Å². The first-order valence-electron chi connectivity index (χ1n) is 5.38. The van der Waals surface area contributed by atoms with E-state index in [4.69, 9.17) is 21.1 Å². The van der Waals surface area contributed by atoms with Gasteiger partial charge < -0.3 is 14.2 Å². The Labute approximate surface area is 117 Å². The van der Waals surface area contributed by atoms with Crippen LogP contribution >= 0.6 is 11.6 Å². The van der Waals surface area contributed by atoms with E-state index in [-0.39, 0.29) is 29.4 Å². The Morgan fingerprint density at radius 3 is 2.55 bits per heavy atom. The molecular formula is C11H11ClF3NO4. The van der Waals surface area contributed by atoms with Crippen molar-refractivity contribution >= 4 is 17.6 Å². The predicted molar refractivity (Wildman–Crippen MR) is 63.0 cm³/mol. The third-order valence-corrected chi connectivity index (χ3v) is 2.42. The average Bonchev–Trinajstić information content (AvgIpc) is 2.36. The van der Waals surface area contributed by atoms with Gasteiger partial charge in [0.15, 0.2) is 5.75 Å². The van der Waals surface area contributed by atoms with Gasteiger partial charge in [0, 0.05) is 11.8 Å². The third kappa shape index (κ3) is 3.89. The summed E-state index contributed by atoms with van der Waals surface area (Å²) in [7, 11) is 1.12. The van der Waals surface area contributed by atoms with Crippen molar-refractivity contribution in [2.45, 2.75) is 19.2 Å². The quantitative estimate of drug-likeness (QED) is 0.618. The number of hydrogen-bond donors (Lipinski definition) is 0. The number of halogens is 4. The molecule has 1 aromatic heterocycles. The van der Waals surface area contributed by atoms with Crippen LogP contribution < -0.4 is 9.47 Å². The molecule has 0 aliphatic carbocycles. The molecule has 0 unspecified atom stereocenters. The van der Waals surface area contributed by atoms with Crippen LogP contribution in [-0.4, -0.2) is 31.0 Å². The minimum absolute atomic E-state index is 0.0156. The molecule has 0 atom stereocenters. The van der Waals surface area contributed by atoms with Crippen LogP contribution in [-0.2, 0) is 10.6 Å². The van der Waals surface area contributed by atoms with E-state index >= 15 is 0 Å². The highest BCUT2D eigenvalue weighted by Gasteiger charge is 2.34. The molecule has 0 aliphatic heterocycles. The van der Waals surface area contributed by atoms with Crippen LogP contribution in [0.25, 0.3) is 0 Å². The average molecular weight is 314 g/mol. The fraction of sp³-hybridized carbons (Fsp3) is 0.455. The molecule has 0 bridgehead atoms. The number of carbonyl (C=O) groups is 1. The Hall–Kier alpha value is -1.70. The predicted octanol–water partition coefficient (Wildman–Crippen LogP) is 2.90. The summed E-state index contributed by atoms with van der Waals surface area (Å²) in [5, 5.41) is 0. The summed E-state index contributed by atoms with van der Waals surface area (Å²) in [5.74, 6) is -2.20. The summed E-state index contributed by atoms with van der Waals surface area (Å²) in [5.41, 5.74) is -0.0601.